The third-order valence-corrected chi connectivity index (χ3v) is 3.57. The predicted octanol–water partition coefficient (Wildman–Crippen LogP) is 1.52. The Morgan fingerprint density at radius 3 is 2.50 bits per heavy atom. The van der Waals surface area contributed by atoms with Crippen LogP contribution >= 0.6 is 12.4 Å². The Morgan fingerprint density at radius 2 is 1.88 bits per heavy atom. The van der Waals surface area contributed by atoms with Gasteiger partial charge in [0.2, 0.25) is 0 Å². The van der Waals surface area contributed by atoms with Crippen molar-refractivity contribution in [2.75, 3.05) is 39.9 Å². The molecule has 16 heavy (non-hydrogen) atoms. The molecule has 1 saturated heterocycles. The van der Waals surface area contributed by atoms with Gasteiger partial charge in [0.05, 0.1) is 6.61 Å². The highest BCUT2D eigenvalue weighted by atomic mass is 35.5. The third kappa shape index (κ3) is 5.00. The summed E-state index contributed by atoms with van der Waals surface area (Å²) in [5, 5.41) is 3.40. The van der Waals surface area contributed by atoms with E-state index in [2.05, 4.69) is 17.3 Å². The largest absolute Gasteiger partial charge is 0.380 e. The van der Waals surface area contributed by atoms with Crippen LogP contribution in [0.25, 0.3) is 0 Å². The highest BCUT2D eigenvalue weighted by molar-refractivity contribution is 5.85. The number of ether oxygens (including phenoxy) is 1. The SMILES string of the molecule is CN(CCOCC1CC1)C1CCNCC1.Cl. The topological polar surface area (TPSA) is 24.5 Å². The molecule has 1 aliphatic carbocycles. The molecule has 0 atom stereocenters. The van der Waals surface area contributed by atoms with Crippen molar-refractivity contribution in [2.24, 2.45) is 5.92 Å². The van der Waals surface area contributed by atoms with Gasteiger partial charge < -0.3 is 15.0 Å². The number of halogens is 1. The standard InChI is InChI=1S/C12H24N2O.ClH/c1-14(12-4-6-13-7-5-12)8-9-15-10-11-2-3-11;/h11-13H,2-10H2,1H3;1H. The van der Waals surface area contributed by atoms with Crippen LogP contribution in [-0.4, -0.2) is 50.8 Å². The zero-order chi connectivity index (χ0) is 10.5. The first-order chi connectivity index (χ1) is 7.36. The fraction of sp³-hybridized carbons (Fsp3) is 1.00. The van der Waals surface area contributed by atoms with Gasteiger partial charge >= 0.3 is 0 Å². The van der Waals surface area contributed by atoms with Gasteiger partial charge in [-0.2, -0.15) is 0 Å². The smallest absolute Gasteiger partial charge is 0.0593 e. The van der Waals surface area contributed by atoms with Gasteiger partial charge in [0.15, 0.2) is 0 Å². The lowest BCUT2D eigenvalue weighted by molar-refractivity contribution is 0.0853. The molecule has 96 valence electrons. The van der Waals surface area contributed by atoms with Crippen LogP contribution < -0.4 is 5.32 Å². The first kappa shape index (κ1) is 14.2. The summed E-state index contributed by atoms with van der Waals surface area (Å²) in [4.78, 5) is 2.47. The van der Waals surface area contributed by atoms with Gasteiger partial charge in [-0.3, -0.25) is 0 Å². The van der Waals surface area contributed by atoms with E-state index < -0.39 is 0 Å². The van der Waals surface area contributed by atoms with E-state index in [0.717, 1.165) is 31.7 Å². The zero-order valence-electron chi connectivity index (χ0n) is 10.3. The maximum Gasteiger partial charge on any atom is 0.0593 e. The molecule has 2 aliphatic rings. The van der Waals surface area contributed by atoms with E-state index in [-0.39, 0.29) is 12.4 Å². The molecule has 3 nitrogen and oxygen atoms in total. The first-order valence-electron chi connectivity index (χ1n) is 6.35. The molecular formula is C12H25ClN2O. The Hall–Kier alpha value is 0.170. The van der Waals surface area contributed by atoms with Crippen LogP contribution in [0.2, 0.25) is 0 Å². The summed E-state index contributed by atoms with van der Waals surface area (Å²) >= 11 is 0. The van der Waals surface area contributed by atoms with Crippen LogP contribution in [0.5, 0.6) is 0 Å². The van der Waals surface area contributed by atoms with Crippen molar-refractivity contribution in [3.8, 4) is 0 Å². The predicted molar refractivity (Wildman–Crippen MR) is 69.3 cm³/mol. The first-order valence-corrected chi connectivity index (χ1v) is 6.35. The molecule has 1 aliphatic heterocycles. The van der Waals surface area contributed by atoms with E-state index in [4.69, 9.17) is 4.74 Å². The summed E-state index contributed by atoms with van der Waals surface area (Å²) in [6, 6.07) is 0.774. The summed E-state index contributed by atoms with van der Waals surface area (Å²) in [6.45, 7) is 5.37. The fourth-order valence-electron chi connectivity index (χ4n) is 2.17. The van der Waals surface area contributed by atoms with Crippen LogP contribution in [-0.2, 0) is 4.74 Å². The minimum Gasteiger partial charge on any atom is -0.380 e. The lowest BCUT2D eigenvalue weighted by atomic mass is 10.1. The quantitative estimate of drug-likeness (QED) is 0.722. The highest BCUT2D eigenvalue weighted by Crippen LogP contribution is 2.28. The van der Waals surface area contributed by atoms with Crippen molar-refractivity contribution in [1.29, 1.82) is 0 Å². The summed E-state index contributed by atoms with van der Waals surface area (Å²) in [5.74, 6) is 0.897. The van der Waals surface area contributed by atoms with Crippen LogP contribution in [0, 0.1) is 5.92 Å². The van der Waals surface area contributed by atoms with Gasteiger partial charge in [0.1, 0.15) is 0 Å². The van der Waals surface area contributed by atoms with Gasteiger partial charge in [-0.25, -0.2) is 0 Å². The molecule has 0 radical (unpaired) electrons. The van der Waals surface area contributed by atoms with E-state index in [1.807, 2.05) is 0 Å². The van der Waals surface area contributed by atoms with Crippen molar-refractivity contribution in [2.45, 2.75) is 31.7 Å². The van der Waals surface area contributed by atoms with Crippen LogP contribution in [0.15, 0.2) is 0 Å². The van der Waals surface area contributed by atoms with Crippen LogP contribution in [0.3, 0.4) is 0 Å². The fourth-order valence-corrected chi connectivity index (χ4v) is 2.17. The van der Waals surface area contributed by atoms with E-state index in [0.29, 0.717) is 0 Å². The van der Waals surface area contributed by atoms with E-state index in [1.54, 1.807) is 0 Å². The van der Waals surface area contributed by atoms with Gasteiger partial charge in [0.25, 0.3) is 0 Å². The van der Waals surface area contributed by atoms with Crippen LogP contribution in [0.4, 0.5) is 0 Å². The maximum atomic E-state index is 5.66. The molecule has 4 heteroatoms. The molecule has 2 rings (SSSR count). The minimum atomic E-state index is 0. The normalized spacial score (nSPS) is 22.1. The number of hydrogen-bond donors (Lipinski definition) is 1. The highest BCUT2D eigenvalue weighted by Gasteiger charge is 2.21. The van der Waals surface area contributed by atoms with Gasteiger partial charge in [-0.05, 0) is 51.7 Å². The zero-order valence-corrected chi connectivity index (χ0v) is 11.1. The number of rotatable bonds is 6. The molecule has 0 aromatic carbocycles. The number of likely N-dealkylation sites (N-methyl/N-ethyl adjacent to an activating group) is 1. The Labute approximate surface area is 105 Å². The van der Waals surface area contributed by atoms with Crippen molar-refractivity contribution >= 4 is 12.4 Å². The number of piperidine rings is 1. The molecule has 0 amide bonds. The molecule has 1 heterocycles. The third-order valence-electron chi connectivity index (χ3n) is 3.57. The number of nitrogens with zero attached hydrogens (tertiary/aromatic N) is 1. The molecule has 0 unspecified atom stereocenters. The lowest BCUT2D eigenvalue weighted by Crippen LogP contribution is -2.42. The molecule has 1 N–H and O–H groups in total. The van der Waals surface area contributed by atoms with Crippen molar-refractivity contribution in [3.05, 3.63) is 0 Å². The van der Waals surface area contributed by atoms with E-state index >= 15 is 0 Å². The lowest BCUT2D eigenvalue weighted by Gasteiger charge is -2.31. The number of hydrogen-bond acceptors (Lipinski definition) is 3. The summed E-state index contributed by atoms with van der Waals surface area (Å²) in [7, 11) is 2.23. The Balaban J connectivity index is 0.00000128. The second kappa shape index (κ2) is 7.49. The summed E-state index contributed by atoms with van der Waals surface area (Å²) < 4.78 is 5.66. The van der Waals surface area contributed by atoms with E-state index in [9.17, 15) is 0 Å². The van der Waals surface area contributed by atoms with Crippen molar-refractivity contribution in [3.63, 3.8) is 0 Å². The van der Waals surface area contributed by atoms with Gasteiger partial charge in [-0.15, -0.1) is 12.4 Å². The maximum absolute atomic E-state index is 5.66. The van der Waals surface area contributed by atoms with Gasteiger partial charge in [0, 0.05) is 19.2 Å². The molecule has 0 spiro atoms. The average Bonchev–Trinajstić information content (AvgIpc) is 3.09. The molecule has 2 fully saturated rings. The summed E-state index contributed by atoms with van der Waals surface area (Å²) in [5.41, 5.74) is 0. The summed E-state index contributed by atoms with van der Waals surface area (Å²) in [6.07, 6.45) is 5.37. The molecule has 0 aromatic rings. The van der Waals surface area contributed by atoms with Crippen molar-refractivity contribution in [1.82, 2.24) is 10.2 Å². The Kier molecular flexibility index (Phi) is 6.66. The second-order valence-electron chi connectivity index (χ2n) is 4.98. The molecule has 0 bridgehead atoms. The van der Waals surface area contributed by atoms with Gasteiger partial charge in [-0.1, -0.05) is 0 Å². The van der Waals surface area contributed by atoms with E-state index in [1.165, 1.54) is 38.8 Å². The molecule has 0 aromatic heterocycles. The molecule has 1 saturated carbocycles. The van der Waals surface area contributed by atoms with Crippen LogP contribution in [0.1, 0.15) is 25.7 Å². The second-order valence-corrected chi connectivity index (χ2v) is 4.98. The molecular weight excluding hydrogens is 224 g/mol. The minimum absolute atomic E-state index is 0. The Morgan fingerprint density at radius 1 is 1.19 bits per heavy atom. The Bertz CT molecular complexity index is 182. The van der Waals surface area contributed by atoms with Crippen molar-refractivity contribution < 1.29 is 4.74 Å². The monoisotopic (exact) mass is 248 g/mol. The average molecular weight is 249 g/mol. The number of nitrogens with one attached hydrogen (secondary N) is 1.